The van der Waals surface area contributed by atoms with Gasteiger partial charge in [-0.15, -0.1) is 10.2 Å². The van der Waals surface area contributed by atoms with Crippen LogP contribution in [0.4, 0.5) is 5.13 Å². The normalized spacial score (nSPS) is 16.0. The van der Waals surface area contributed by atoms with Gasteiger partial charge in [-0.1, -0.05) is 35.2 Å². The number of carbonyl (C=O) groups excluding carboxylic acids is 1. The van der Waals surface area contributed by atoms with Crippen LogP contribution in [0.25, 0.3) is 0 Å². The summed E-state index contributed by atoms with van der Waals surface area (Å²) in [4.78, 5) is 23.3. The molecule has 3 rings (SSSR count). The number of anilines is 1. The number of para-hydroxylation sites is 1. The molecular weight excluding hydrogens is 367 g/mol. The van der Waals surface area contributed by atoms with E-state index in [2.05, 4.69) is 15.5 Å². The van der Waals surface area contributed by atoms with Gasteiger partial charge in [-0.25, -0.2) is 4.79 Å². The van der Waals surface area contributed by atoms with Crippen LogP contribution in [0.15, 0.2) is 22.5 Å². The molecule has 0 saturated heterocycles. The van der Waals surface area contributed by atoms with Crippen LogP contribution in [0.3, 0.4) is 0 Å². The van der Waals surface area contributed by atoms with Crippen LogP contribution in [0.2, 0.25) is 0 Å². The number of amides is 1. The lowest BCUT2D eigenvalue weighted by Gasteiger charge is -2.28. The Morgan fingerprint density at radius 3 is 2.96 bits per heavy atom. The van der Waals surface area contributed by atoms with Gasteiger partial charge in [0.1, 0.15) is 5.75 Å². The number of nitrogens with zero attached hydrogens (tertiary/aromatic N) is 2. The van der Waals surface area contributed by atoms with Gasteiger partial charge in [0.15, 0.2) is 4.34 Å². The monoisotopic (exact) mass is 380 g/mol. The number of carbonyl (C=O) groups is 2. The standard InChI is InChI=1S/C13H13BN4O5S2/c15-12-17-18-13(25-12)24-5-9(19)16-8-4-6-2-1-3-7(11(20)21)10(6)23-14(8)22/h1-3,8,22H,4-5H2,(H2,15,17)(H,16,19)(H,20,21)/t8-/m0/s1. The minimum Gasteiger partial charge on any atom is -0.534 e. The molecular formula is C13H13BN4O5S2. The SMILES string of the molecule is Nc1nnc(SCC(=O)N[C@H]2Cc3cccc(C(=O)O)c3OB2O)s1. The first-order chi connectivity index (χ1) is 11.9. The Balaban J connectivity index is 1.63. The number of carboxylic acids is 1. The van der Waals surface area contributed by atoms with Crippen molar-refractivity contribution in [1.29, 1.82) is 0 Å². The van der Waals surface area contributed by atoms with E-state index in [1.54, 1.807) is 12.1 Å². The van der Waals surface area contributed by atoms with Gasteiger partial charge in [0.05, 0.1) is 17.3 Å². The highest BCUT2D eigenvalue weighted by Gasteiger charge is 2.37. The maximum Gasteiger partial charge on any atom is 0.547 e. The number of nitrogen functional groups attached to an aromatic ring is 1. The van der Waals surface area contributed by atoms with Gasteiger partial charge in [0.2, 0.25) is 11.0 Å². The predicted octanol–water partition coefficient (Wildman–Crippen LogP) is 0.0502. The van der Waals surface area contributed by atoms with E-state index in [-0.39, 0.29) is 29.4 Å². The Hall–Kier alpha value is -2.31. The van der Waals surface area contributed by atoms with Crippen molar-refractivity contribution >= 4 is 47.2 Å². The van der Waals surface area contributed by atoms with E-state index in [0.717, 1.165) is 0 Å². The molecule has 0 fully saturated rings. The maximum absolute atomic E-state index is 12.1. The lowest BCUT2D eigenvalue weighted by atomic mass is 9.72. The van der Waals surface area contributed by atoms with E-state index in [0.29, 0.717) is 15.0 Å². The zero-order chi connectivity index (χ0) is 18.0. The Labute approximate surface area is 150 Å². The summed E-state index contributed by atoms with van der Waals surface area (Å²) in [6.45, 7) is 0. The third kappa shape index (κ3) is 4.03. The van der Waals surface area contributed by atoms with Crippen molar-refractivity contribution in [2.45, 2.75) is 16.7 Å². The number of thioether (sulfide) groups is 1. The molecule has 1 atom stereocenters. The van der Waals surface area contributed by atoms with E-state index in [1.807, 2.05) is 0 Å². The molecule has 0 aliphatic carbocycles. The van der Waals surface area contributed by atoms with Crippen molar-refractivity contribution in [3.05, 3.63) is 29.3 Å². The summed E-state index contributed by atoms with van der Waals surface area (Å²) < 4.78 is 5.89. The molecule has 9 nitrogen and oxygen atoms in total. The third-order valence-corrected chi connectivity index (χ3v) is 5.33. The van der Waals surface area contributed by atoms with Crippen LogP contribution in [-0.2, 0) is 11.2 Å². The number of aromatic nitrogens is 2. The molecule has 5 N–H and O–H groups in total. The molecule has 12 heteroatoms. The maximum atomic E-state index is 12.1. The minimum atomic E-state index is -1.33. The van der Waals surface area contributed by atoms with Gasteiger partial charge < -0.3 is 25.8 Å². The molecule has 1 aromatic heterocycles. The van der Waals surface area contributed by atoms with E-state index in [9.17, 15) is 14.6 Å². The van der Waals surface area contributed by atoms with Crippen molar-refractivity contribution in [3.63, 3.8) is 0 Å². The minimum absolute atomic E-state index is 0.0225. The zero-order valence-corrected chi connectivity index (χ0v) is 14.3. The van der Waals surface area contributed by atoms with Gasteiger partial charge in [0.25, 0.3) is 0 Å². The first-order valence-corrected chi connectivity index (χ1v) is 8.95. The highest BCUT2D eigenvalue weighted by atomic mass is 32.2. The van der Waals surface area contributed by atoms with Gasteiger partial charge in [-0.2, -0.15) is 0 Å². The summed E-state index contributed by atoms with van der Waals surface area (Å²) >= 11 is 2.36. The first-order valence-electron chi connectivity index (χ1n) is 7.15. The fourth-order valence-electron chi connectivity index (χ4n) is 2.37. The molecule has 2 aromatic rings. The van der Waals surface area contributed by atoms with Crippen molar-refractivity contribution in [3.8, 4) is 5.75 Å². The summed E-state index contributed by atoms with van der Waals surface area (Å²) in [5.74, 6) is -1.92. The first kappa shape index (κ1) is 17.5. The van der Waals surface area contributed by atoms with E-state index >= 15 is 0 Å². The number of benzene rings is 1. The molecule has 130 valence electrons. The van der Waals surface area contributed by atoms with Gasteiger partial charge in [-0.05, 0) is 18.1 Å². The summed E-state index contributed by atoms with van der Waals surface area (Å²) in [5, 5.41) is 29.7. The van der Waals surface area contributed by atoms with Crippen molar-refractivity contribution in [2.24, 2.45) is 0 Å². The van der Waals surface area contributed by atoms with Gasteiger partial charge in [-0.3, -0.25) is 4.79 Å². The number of nitrogens with two attached hydrogens (primary N) is 1. The largest absolute Gasteiger partial charge is 0.547 e. The van der Waals surface area contributed by atoms with Crippen molar-refractivity contribution < 1.29 is 24.4 Å². The van der Waals surface area contributed by atoms with Gasteiger partial charge >= 0.3 is 13.1 Å². The number of hydrogen-bond acceptors (Lipinski definition) is 9. The molecule has 0 bridgehead atoms. The number of rotatable bonds is 5. The fraction of sp³-hybridized carbons (Fsp3) is 0.231. The number of fused-ring (bicyclic) bond motifs is 1. The molecule has 1 amide bonds. The van der Waals surface area contributed by atoms with Crippen LogP contribution in [0.1, 0.15) is 15.9 Å². The number of nitrogens with one attached hydrogen (secondary N) is 1. The van der Waals surface area contributed by atoms with Crippen LogP contribution in [0, 0.1) is 0 Å². The second kappa shape index (κ2) is 7.29. The summed E-state index contributed by atoms with van der Waals surface area (Å²) in [5.41, 5.74) is 6.06. The molecule has 0 saturated carbocycles. The van der Waals surface area contributed by atoms with E-state index < -0.39 is 19.0 Å². The molecule has 0 radical (unpaired) electrons. The molecule has 25 heavy (non-hydrogen) atoms. The summed E-state index contributed by atoms with van der Waals surface area (Å²) in [6.07, 6.45) is 0.264. The lowest BCUT2D eigenvalue weighted by molar-refractivity contribution is -0.118. The highest BCUT2D eigenvalue weighted by Crippen LogP contribution is 2.30. The van der Waals surface area contributed by atoms with Crippen LogP contribution >= 0.6 is 23.1 Å². The van der Waals surface area contributed by atoms with Gasteiger partial charge in [0, 0.05) is 0 Å². The smallest absolute Gasteiger partial charge is 0.534 e. The fourth-order valence-corrected chi connectivity index (χ4v) is 3.82. The van der Waals surface area contributed by atoms with Crippen molar-refractivity contribution in [2.75, 3.05) is 11.5 Å². The quantitative estimate of drug-likeness (QED) is 0.417. The molecule has 0 unspecified atom stereocenters. The second-order valence-electron chi connectivity index (χ2n) is 5.18. The average Bonchev–Trinajstić information content (AvgIpc) is 2.98. The van der Waals surface area contributed by atoms with Crippen molar-refractivity contribution in [1.82, 2.24) is 15.5 Å². The molecule has 1 aliphatic rings. The Kier molecular flexibility index (Phi) is 5.11. The Morgan fingerprint density at radius 1 is 1.48 bits per heavy atom. The van der Waals surface area contributed by atoms with E-state index in [4.69, 9.17) is 15.5 Å². The lowest BCUT2D eigenvalue weighted by Crippen LogP contribution is -2.53. The molecule has 1 aromatic carbocycles. The summed E-state index contributed by atoms with van der Waals surface area (Å²) in [7, 11) is -1.33. The highest BCUT2D eigenvalue weighted by molar-refractivity contribution is 8.01. The van der Waals surface area contributed by atoms with Crippen LogP contribution < -0.4 is 15.7 Å². The number of carboxylic acid groups (broad SMARTS) is 1. The average molecular weight is 380 g/mol. The van der Waals surface area contributed by atoms with Crippen LogP contribution in [-0.4, -0.2) is 51.0 Å². The number of hydrogen-bond donors (Lipinski definition) is 4. The second-order valence-corrected chi connectivity index (χ2v) is 7.41. The Bertz CT molecular complexity index is 817. The third-order valence-electron chi connectivity index (χ3n) is 3.44. The zero-order valence-electron chi connectivity index (χ0n) is 12.7. The van der Waals surface area contributed by atoms with E-state index in [1.165, 1.54) is 29.2 Å². The molecule has 2 heterocycles. The molecule has 0 spiro atoms. The predicted molar refractivity (Wildman–Crippen MR) is 92.7 cm³/mol. The number of aromatic carboxylic acids is 1. The Morgan fingerprint density at radius 2 is 2.28 bits per heavy atom. The molecule has 1 aliphatic heterocycles. The summed E-state index contributed by atoms with van der Waals surface area (Å²) in [6, 6.07) is 4.70. The topological polar surface area (TPSA) is 148 Å². The van der Waals surface area contributed by atoms with Crippen LogP contribution in [0.5, 0.6) is 5.75 Å².